The maximum Gasteiger partial charge on any atom is 0.252 e. The molecule has 8 nitrogen and oxygen atoms in total. The number of carbonyl (C=O) groups is 2. The molecular weight excluding hydrogens is 438 g/mol. The minimum atomic E-state index is -0.382. The molecule has 0 aliphatic rings. The molecule has 0 saturated carbocycles. The van der Waals surface area contributed by atoms with Crippen LogP contribution in [0.1, 0.15) is 34.7 Å². The van der Waals surface area contributed by atoms with Gasteiger partial charge in [-0.05, 0) is 49.7 Å². The molecule has 3 rings (SSSR count). The Morgan fingerprint density at radius 2 is 1.91 bits per heavy atom. The average molecular weight is 466 g/mol. The van der Waals surface area contributed by atoms with Crippen LogP contribution in [0, 0.1) is 6.92 Å². The van der Waals surface area contributed by atoms with Crippen molar-refractivity contribution < 1.29 is 14.3 Å². The molecule has 0 fully saturated rings. The number of ether oxygens (including phenoxy) is 1. The van der Waals surface area contributed by atoms with Crippen molar-refractivity contribution in [2.45, 2.75) is 31.6 Å². The van der Waals surface area contributed by atoms with Crippen molar-refractivity contribution in [3.8, 4) is 5.75 Å². The van der Waals surface area contributed by atoms with E-state index in [-0.39, 0.29) is 23.6 Å². The summed E-state index contributed by atoms with van der Waals surface area (Å²) in [6.45, 7) is 8.00. The summed E-state index contributed by atoms with van der Waals surface area (Å²) in [6.07, 6.45) is 1.73. The van der Waals surface area contributed by atoms with Gasteiger partial charge >= 0.3 is 0 Å². The maximum atomic E-state index is 12.7. The third-order valence-electron chi connectivity index (χ3n) is 4.89. The minimum absolute atomic E-state index is 0.158. The van der Waals surface area contributed by atoms with Gasteiger partial charge in [-0.1, -0.05) is 36.0 Å². The lowest BCUT2D eigenvalue weighted by atomic mass is 10.1. The van der Waals surface area contributed by atoms with Gasteiger partial charge in [-0.2, -0.15) is 0 Å². The van der Waals surface area contributed by atoms with E-state index in [1.165, 1.54) is 11.8 Å². The molecule has 1 heterocycles. The Labute approximate surface area is 197 Å². The summed E-state index contributed by atoms with van der Waals surface area (Å²) in [7, 11) is 1.59. The van der Waals surface area contributed by atoms with Crippen molar-refractivity contribution in [3.05, 3.63) is 78.1 Å². The van der Waals surface area contributed by atoms with Crippen molar-refractivity contribution >= 4 is 29.3 Å². The molecular formula is C24H27N5O3S. The van der Waals surface area contributed by atoms with E-state index in [0.717, 1.165) is 11.3 Å². The highest BCUT2D eigenvalue weighted by atomic mass is 32.2. The first-order chi connectivity index (χ1) is 15.9. The summed E-state index contributed by atoms with van der Waals surface area (Å²) in [5.41, 5.74) is 2.19. The Balaban J connectivity index is 1.65. The van der Waals surface area contributed by atoms with Gasteiger partial charge in [-0.25, -0.2) is 0 Å². The van der Waals surface area contributed by atoms with Crippen molar-refractivity contribution in [3.63, 3.8) is 0 Å². The van der Waals surface area contributed by atoms with E-state index in [9.17, 15) is 9.59 Å². The van der Waals surface area contributed by atoms with E-state index in [1.54, 1.807) is 43.5 Å². The zero-order chi connectivity index (χ0) is 23.8. The molecule has 0 saturated heterocycles. The molecule has 0 bridgehead atoms. The van der Waals surface area contributed by atoms with Gasteiger partial charge in [0.25, 0.3) is 5.91 Å². The molecule has 2 aromatic carbocycles. The van der Waals surface area contributed by atoms with Crippen molar-refractivity contribution in [2.24, 2.45) is 0 Å². The number of benzene rings is 2. The SMILES string of the molecule is C=CCn1c(SCC(=O)Nc2ccc(OC)cc2)nnc1[C@@H](C)NC(=O)c1ccccc1C. The van der Waals surface area contributed by atoms with Gasteiger partial charge in [0, 0.05) is 17.8 Å². The summed E-state index contributed by atoms with van der Waals surface area (Å²) in [5.74, 6) is 1.12. The lowest BCUT2D eigenvalue weighted by Gasteiger charge is -2.16. The Bertz CT molecular complexity index is 1130. The number of thioether (sulfide) groups is 1. The van der Waals surface area contributed by atoms with Gasteiger partial charge in [-0.15, -0.1) is 16.8 Å². The number of allylic oxidation sites excluding steroid dienone is 1. The van der Waals surface area contributed by atoms with Crippen molar-refractivity contribution in [1.82, 2.24) is 20.1 Å². The lowest BCUT2D eigenvalue weighted by molar-refractivity contribution is -0.113. The van der Waals surface area contributed by atoms with Crippen LogP contribution in [-0.4, -0.2) is 39.4 Å². The number of nitrogens with one attached hydrogen (secondary N) is 2. The number of hydrogen-bond donors (Lipinski definition) is 2. The Morgan fingerprint density at radius 3 is 2.58 bits per heavy atom. The molecule has 9 heteroatoms. The van der Waals surface area contributed by atoms with E-state index in [1.807, 2.05) is 36.6 Å². The second-order valence-electron chi connectivity index (χ2n) is 7.32. The van der Waals surface area contributed by atoms with E-state index in [0.29, 0.717) is 28.8 Å². The fourth-order valence-corrected chi connectivity index (χ4v) is 3.95. The quantitative estimate of drug-likeness (QED) is 0.347. The van der Waals surface area contributed by atoms with Crippen LogP contribution in [0.4, 0.5) is 5.69 Å². The molecule has 3 aromatic rings. The van der Waals surface area contributed by atoms with Gasteiger partial charge < -0.3 is 19.9 Å². The third-order valence-corrected chi connectivity index (χ3v) is 5.85. The number of aromatic nitrogens is 3. The zero-order valence-electron chi connectivity index (χ0n) is 18.9. The molecule has 0 aliphatic heterocycles. The van der Waals surface area contributed by atoms with Crippen molar-refractivity contribution in [2.75, 3.05) is 18.2 Å². The molecule has 0 unspecified atom stereocenters. The molecule has 1 aromatic heterocycles. The molecule has 33 heavy (non-hydrogen) atoms. The molecule has 2 N–H and O–H groups in total. The topological polar surface area (TPSA) is 98.1 Å². The van der Waals surface area contributed by atoms with E-state index >= 15 is 0 Å². The third kappa shape index (κ3) is 6.23. The summed E-state index contributed by atoms with van der Waals surface area (Å²) < 4.78 is 6.97. The highest BCUT2D eigenvalue weighted by Crippen LogP contribution is 2.22. The Kier molecular flexibility index (Phi) is 8.26. The number of carbonyl (C=O) groups excluding carboxylic acids is 2. The molecule has 0 radical (unpaired) electrons. The smallest absolute Gasteiger partial charge is 0.252 e. The first kappa shape index (κ1) is 24.1. The molecule has 172 valence electrons. The van der Waals surface area contributed by atoms with E-state index < -0.39 is 0 Å². The normalized spacial score (nSPS) is 11.5. The number of anilines is 1. The molecule has 0 spiro atoms. The lowest BCUT2D eigenvalue weighted by Crippen LogP contribution is -2.29. The number of methoxy groups -OCH3 is 1. The standard InChI is InChI=1S/C24H27N5O3S/c1-5-14-29-22(17(3)25-23(31)20-9-7-6-8-16(20)2)27-28-24(29)33-15-21(30)26-18-10-12-19(32-4)13-11-18/h5-13,17H,1,14-15H2,2-4H3,(H,25,31)(H,26,30)/t17-/m1/s1. The number of nitrogens with zero attached hydrogens (tertiary/aromatic N) is 3. The predicted molar refractivity (Wildman–Crippen MR) is 130 cm³/mol. The van der Waals surface area contributed by atoms with Crippen molar-refractivity contribution in [1.29, 1.82) is 0 Å². The number of hydrogen-bond acceptors (Lipinski definition) is 6. The molecule has 1 atom stereocenters. The second kappa shape index (κ2) is 11.3. The first-order valence-corrected chi connectivity index (χ1v) is 11.4. The Hall–Kier alpha value is -3.59. The average Bonchev–Trinajstić information content (AvgIpc) is 3.21. The highest BCUT2D eigenvalue weighted by molar-refractivity contribution is 7.99. The minimum Gasteiger partial charge on any atom is -0.497 e. The van der Waals surface area contributed by atoms with Gasteiger partial charge in [0.1, 0.15) is 5.75 Å². The maximum absolute atomic E-state index is 12.7. The predicted octanol–water partition coefficient (Wildman–Crippen LogP) is 4.00. The van der Waals surface area contributed by atoms with Crippen LogP contribution in [0.15, 0.2) is 66.3 Å². The van der Waals surface area contributed by atoms with E-state index in [4.69, 9.17) is 4.74 Å². The van der Waals surface area contributed by atoms with Crippen LogP contribution in [0.2, 0.25) is 0 Å². The summed E-state index contributed by atoms with van der Waals surface area (Å²) in [5, 5.41) is 14.9. The summed E-state index contributed by atoms with van der Waals surface area (Å²) in [6, 6.07) is 14.1. The Morgan fingerprint density at radius 1 is 1.18 bits per heavy atom. The highest BCUT2D eigenvalue weighted by Gasteiger charge is 2.21. The molecule has 2 amide bonds. The monoisotopic (exact) mass is 465 g/mol. The summed E-state index contributed by atoms with van der Waals surface area (Å²) in [4.78, 5) is 25.1. The van der Waals surface area contributed by atoms with Crippen LogP contribution in [0.5, 0.6) is 5.75 Å². The second-order valence-corrected chi connectivity index (χ2v) is 8.26. The number of amides is 2. The summed E-state index contributed by atoms with van der Waals surface area (Å²) >= 11 is 1.27. The number of rotatable bonds is 10. The zero-order valence-corrected chi connectivity index (χ0v) is 19.7. The largest absolute Gasteiger partial charge is 0.497 e. The van der Waals surface area contributed by atoms with Crippen LogP contribution in [0.3, 0.4) is 0 Å². The van der Waals surface area contributed by atoms with Gasteiger partial charge in [0.15, 0.2) is 11.0 Å². The van der Waals surface area contributed by atoms with Crippen LogP contribution >= 0.6 is 11.8 Å². The van der Waals surface area contributed by atoms with Gasteiger partial charge in [0.2, 0.25) is 5.91 Å². The van der Waals surface area contributed by atoms with Crippen LogP contribution < -0.4 is 15.4 Å². The molecule has 0 aliphatic carbocycles. The van der Waals surface area contributed by atoms with Gasteiger partial charge in [0.05, 0.1) is 18.9 Å². The van der Waals surface area contributed by atoms with Crippen LogP contribution in [-0.2, 0) is 11.3 Å². The fourth-order valence-electron chi connectivity index (χ4n) is 3.20. The van der Waals surface area contributed by atoms with Crippen LogP contribution in [0.25, 0.3) is 0 Å². The number of aryl methyl sites for hydroxylation is 1. The van der Waals surface area contributed by atoms with E-state index in [2.05, 4.69) is 27.4 Å². The first-order valence-electron chi connectivity index (χ1n) is 10.4. The fraction of sp³-hybridized carbons (Fsp3) is 0.250. The van der Waals surface area contributed by atoms with Gasteiger partial charge in [-0.3, -0.25) is 9.59 Å².